The Labute approximate surface area is 125 Å². The van der Waals surface area contributed by atoms with Gasteiger partial charge in [0.15, 0.2) is 0 Å². The molecule has 1 aromatic carbocycles. The lowest BCUT2D eigenvalue weighted by molar-refractivity contribution is -0.274. The van der Waals surface area contributed by atoms with Crippen LogP contribution in [0.4, 0.5) is 13.2 Å². The Morgan fingerprint density at radius 1 is 1.23 bits per heavy atom. The summed E-state index contributed by atoms with van der Waals surface area (Å²) in [6.45, 7) is 0.636. The number of hydrogen-bond donors (Lipinski definition) is 1. The van der Waals surface area contributed by atoms with Crippen molar-refractivity contribution in [2.75, 3.05) is 6.61 Å². The zero-order valence-electron chi connectivity index (χ0n) is 11.3. The van der Waals surface area contributed by atoms with Crippen molar-refractivity contribution in [2.24, 2.45) is 5.92 Å². The standard InChI is InChI=1S/C13H14F3NO4S/c14-13(15,16)21-8-1-3-9(4-2-8)22(18,19)17-11-7-12-10(11)5-6-20-12/h1-4,10-12,17H,5-7H2. The fourth-order valence-corrected chi connectivity index (χ4v) is 4.12. The van der Waals surface area contributed by atoms with Gasteiger partial charge in [0.05, 0.1) is 11.0 Å². The predicted molar refractivity (Wildman–Crippen MR) is 69.7 cm³/mol. The van der Waals surface area contributed by atoms with Gasteiger partial charge in [0.1, 0.15) is 5.75 Å². The van der Waals surface area contributed by atoms with Gasteiger partial charge in [0.2, 0.25) is 10.0 Å². The molecule has 2 aliphatic rings. The van der Waals surface area contributed by atoms with Gasteiger partial charge >= 0.3 is 6.36 Å². The minimum Gasteiger partial charge on any atom is -0.406 e. The summed E-state index contributed by atoms with van der Waals surface area (Å²) >= 11 is 0. The van der Waals surface area contributed by atoms with Gasteiger partial charge < -0.3 is 9.47 Å². The Bertz CT molecular complexity index is 644. The Balaban J connectivity index is 1.67. The van der Waals surface area contributed by atoms with E-state index >= 15 is 0 Å². The minimum absolute atomic E-state index is 0.0932. The van der Waals surface area contributed by atoms with E-state index in [9.17, 15) is 21.6 Å². The molecule has 3 rings (SSSR count). The number of alkyl halides is 3. The molecule has 1 N–H and O–H groups in total. The molecule has 2 fully saturated rings. The van der Waals surface area contributed by atoms with Crippen LogP contribution in [0.2, 0.25) is 0 Å². The summed E-state index contributed by atoms with van der Waals surface area (Å²) in [7, 11) is -3.76. The quantitative estimate of drug-likeness (QED) is 0.913. The molecule has 5 nitrogen and oxygen atoms in total. The molecule has 0 bridgehead atoms. The zero-order chi connectivity index (χ0) is 16.0. The molecule has 1 heterocycles. The maximum Gasteiger partial charge on any atom is 0.573 e. The summed E-state index contributed by atoms with van der Waals surface area (Å²) in [5.74, 6) is -0.276. The van der Waals surface area contributed by atoms with Crippen molar-refractivity contribution < 1.29 is 31.1 Å². The molecule has 0 amide bonds. The Kier molecular flexibility index (Phi) is 3.82. The third-order valence-electron chi connectivity index (χ3n) is 3.94. The Morgan fingerprint density at radius 3 is 2.50 bits per heavy atom. The Morgan fingerprint density at radius 2 is 1.91 bits per heavy atom. The van der Waals surface area contributed by atoms with Crippen molar-refractivity contribution in [3.63, 3.8) is 0 Å². The highest BCUT2D eigenvalue weighted by Crippen LogP contribution is 2.39. The molecule has 22 heavy (non-hydrogen) atoms. The first-order valence-corrected chi connectivity index (χ1v) is 8.23. The first-order valence-electron chi connectivity index (χ1n) is 6.74. The molecule has 3 atom stereocenters. The van der Waals surface area contributed by atoms with E-state index in [0.717, 1.165) is 30.7 Å². The van der Waals surface area contributed by atoms with Crippen LogP contribution in [0.25, 0.3) is 0 Å². The van der Waals surface area contributed by atoms with Gasteiger partial charge in [-0.1, -0.05) is 0 Å². The third kappa shape index (κ3) is 3.21. The summed E-state index contributed by atoms with van der Waals surface area (Å²) in [5, 5.41) is 0. The first kappa shape index (κ1) is 15.6. The lowest BCUT2D eigenvalue weighted by Gasteiger charge is -2.39. The topological polar surface area (TPSA) is 64.6 Å². The van der Waals surface area contributed by atoms with Crippen LogP contribution in [-0.4, -0.2) is 33.5 Å². The highest BCUT2D eigenvalue weighted by molar-refractivity contribution is 7.89. The highest BCUT2D eigenvalue weighted by atomic mass is 32.2. The van der Waals surface area contributed by atoms with Crippen molar-refractivity contribution in [1.82, 2.24) is 4.72 Å². The lowest BCUT2D eigenvalue weighted by atomic mass is 9.77. The first-order chi connectivity index (χ1) is 10.2. The molecule has 122 valence electrons. The van der Waals surface area contributed by atoms with E-state index < -0.39 is 22.1 Å². The number of benzene rings is 1. The van der Waals surface area contributed by atoms with Crippen molar-refractivity contribution in [3.05, 3.63) is 24.3 Å². The minimum atomic E-state index is -4.80. The molecule has 1 saturated carbocycles. The summed E-state index contributed by atoms with van der Waals surface area (Å²) in [6.07, 6.45) is -3.24. The van der Waals surface area contributed by atoms with Crippen LogP contribution in [-0.2, 0) is 14.8 Å². The number of fused-ring (bicyclic) bond motifs is 1. The molecule has 0 spiro atoms. The predicted octanol–water partition coefficient (Wildman–Crippen LogP) is 2.04. The van der Waals surface area contributed by atoms with E-state index in [-0.39, 0.29) is 23.0 Å². The van der Waals surface area contributed by atoms with Gasteiger partial charge in [-0.3, -0.25) is 0 Å². The number of sulfonamides is 1. The summed E-state index contributed by atoms with van der Waals surface area (Å²) < 4.78 is 72.3. The van der Waals surface area contributed by atoms with Gasteiger partial charge in [0.25, 0.3) is 0 Å². The van der Waals surface area contributed by atoms with Crippen LogP contribution in [0.1, 0.15) is 12.8 Å². The number of hydrogen-bond acceptors (Lipinski definition) is 4. The maximum atomic E-state index is 12.2. The third-order valence-corrected chi connectivity index (χ3v) is 5.44. The molecule has 3 unspecified atom stereocenters. The fraction of sp³-hybridized carbons (Fsp3) is 0.538. The SMILES string of the molecule is O=S(=O)(NC1CC2OCCC12)c1ccc(OC(F)(F)F)cc1. The van der Waals surface area contributed by atoms with Crippen molar-refractivity contribution in [2.45, 2.75) is 36.2 Å². The van der Waals surface area contributed by atoms with Gasteiger partial charge in [0, 0.05) is 18.6 Å². The van der Waals surface area contributed by atoms with Crippen molar-refractivity contribution in [1.29, 1.82) is 0 Å². The summed E-state index contributed by atoms with van der Waals surface area (Å²) in [6, 6.07) is 3.95. The van der Waals surface area contributed by atoms with Gasteiger partial charge in [-0.2, -0.15) is 0 Å². The van der Waals surface area contributed by atoms with Crippen LogP contribution in [0, 0.1) is 5.92 Å². The molecule has 1 aliphatic carbocycles. The Hall–Kier alpha value is -1.32. The van der Waals surface area contributed by atoms with Crippen molar-refractivity contribution >= 4 is 10.0 Å². The molecular formula is C13H14F3NO4S. The molecule has 0 radical (unpaired) electrons. The van der Waals surface area contributed by atoms with Crippen LogP contribution >= 0.6 is 0 Å². The average molecular weight is 337 g/mol. The maximum absolute atomic E-state index is 12.2. The number of halogens is 3. The van der Waals surface area contributed by atoms with Crippen LogP contribution < -0.4 is 9.46 Å². The van der Waals surface area contributed by atoms with Crippen LogP contribution in [0.3, 0.4) is 0 Å². The van der Waals surface area contributed by atoms with Gasteiger partial charge in [-0.05, 0) is 37.1 Å². The van der Waals surface area contributed by atoms with Crippen LogP contribution in [0.15, 0.2) is 29.2 Å². The zero-order valence-corrected chi connectivity index (χ0v) is 12.2. The second-order valence-electron chi connectivity index (χ2n) is 5.34. The summed E-state index contributed by atoms with van der Waals surface area (Å²) in [5.41, 5.74) is 0. The highest BCUT2D eigenvalue weighted by Gasteiger charge is 2.46. The van der Waals surface area contributed by atoms with Gasteiger partial charge in [-0.15, -0.1) is 13.2 Å². The van der Waals surface area contributed by atoms with Crippen LogP contribution in [0.5, 0.6) is 5.75 Å². The number of rotatable bonds is 4. The van der Waals surface area contributed by atoms with E-state index in [1.165, 1.54) is 0 Å². The molecular weight excluding hydrogens is 323 g/mol. The molecule has 9 heteroatoms. The number of ether oxygens (including phenoxy) is 2. The van der Waals surface area contributed by atoms with E-state index in [4.69, 9.17) is 4.74 Å². The van der Waals surface area contributed by atoms with E-state index in [1.54, 1.807) is 0 Å². The largest absolute Gasteiger partial charge is 0.573 e. The van der Waals surface area contributed by atoms with E-state index in [2.05, 4.69) is 9.46 Å². The molecule has 1 saturated heterocycles. The van der Waals surface area contributed by atoms with E-state index in [1.807, 2.05) is 0 Å². The normalized spacial score (nSPS) is 28.0. The molecule has 1 aliphatic heterocycles. The number of nitrogens with one attached hydrogen (secondary N) is 1. The second kappa shape index (κ2) is 5.39. The van der Waals surface area contributed by atoms with Gasteiger partial charge in [-0.25, -0.2) is 13.1 Å². The smallest absolute Gasteiger partial charge is 0.406 e. The molecule has 1 aromatic rings. The monoisotopic (exact) mass is 337 g/mol. The molecule has 0 aromatic heterocycles. The lowest BCUT2D eigenvalue weighted by Crippen LogP contribution is -2.53. The average Bonchev–Trinajstić information content (AvgIpc) is 2.76. The van der Waals surface area contributed by atoms with E-state index in [0.29, 0.717) is 13.0 Å². The fourth-order valence-electron chi connectivity index (χ4n) is 2.82. The summed E-state index contributed by atoms with van der Waals surface area (Å²) in [4.78, 5) is -0.0932. The van der Waals surface area contributed by atoms with Crippen molar-refractivity contribution in [3.8, 4) is 5.75 Å². The second-order valence-corrected chi connectivity index (χ2v) is 7.06.